The summed E-state index contributed by atoms with van der Waals surface area (Å²) in [7, 11) is 0. The average Bonchev–Trinajstić information content (AvgIpc) is 2.51. The van der Waals surface area contributed by atoms with Crippen LogP contribution in [0.25, 0.3) is 0 Å². The Balaban J connectivity index is 0.00000441. The Bertz CT molecular complexity index is 353. The summed E-state index contributed by atoms with van der Waals surface area (Å²) in [5, 5.41) is 12.4. The highest BCUT2D eigenvalue weighted by molar-refractivity contribution is 14.0. The van der Waals surface area contributed by atoms with Gasteiger partial charge in [-0.25, -0.2) is 0 Å². The Morgan fingerprint density at radius 2 is 2.23 bits per heavy atom. The third-order valence-electron chi connectivity index (χ3n) is 3.54. The molecule has 22 heavy (non-hydrogen) atoms. The van der Waals surface area contributed by atoms with E-state index >= 15 is 0 Å². The third kappa shape index (κ3) is 7.13. The van der Waals surface area contributed by atoms with Crippen molar-refractivity contribution >= 4 is 35.9 Å². The number of piperidine rings is 1. The largest absolute Gasteiger partial charge is 0.466 e. The number of aliphatic hydroxyl groups excluding tert-OH is 1. The molecule has 2 N–H and O–H groups in total. The van der Waals surface area contributed by atoms with Crippen LogP contribution in [0.2, 0.25) is 0 Å². The maximum Gasteiger partial charge on any atom is 0.310 e. The molecule has 1 aliphatic heterocycles. The summed E-state index contributed by atoms with van der Waals surface area (Å²) in [6, 6.07) is 0. The standard InChI is InChI=1S/C15H29N3O3.HI/c1-4-16-15(17-9-12(3)11-19)18-8-6-7-13(10-18)14(20)21-5-2;/h12-13,19H,4-11H2,1-3H3,(H,16,17);1H. The van der Waals surface area contributed by atoms with Gasteiger partial charge in [0.2, 0.25) is 0 Å². The van der Waals surface area contributed by atoms with E-state index in [2.05, 4.69) is 15.2 Å². The van der Waals surface area contributed by atoms with E-state index in [4.69, 9.17) is 9.84 Å². The number of halogens is 1. The van der Waals surface area contributed by atoms with Gasteiger partial charge >= 0.3 is 5.97 Å². The molecule has 0 saturated carbocycles. The Morgan fingerprint density at radius 1 is 1.50 bits per heavy atom. The molecule has 1 heterocycles. The molecule has 0 amide bonds. The number of nitrogens with zero attached hydrogens (tertiary/aromatic N) is 2. The molecule has 1 rings (SSSR count). The van der Waals surface area contributed by atoms with Crippen molar-refractivity contribution < 1.29 is 14.6 Å². The van der Waals surface area contributed by atoms with Gasteiger partial charge in [-0.15, -0.1) is 24.0 Å². The number of aliphatic hydroxyl groups is 1. The zero-order chi connectivity index (χ0) is 15.7. The molecule has 1 fully saturated rings. The minimum absolute atomic E-state index is 0. The Labute approximate surface area is 150 Å². The topological polar surface area (TPSA) is 74.2 Å². The van der Waals surface area contributed by atoms with Crippen LogP contribution in [0.4, 0.5) is 0 Å². The summed E-state index contributed by atoms with van der Waals surface area (Å²) in [5.41, 5.74) is 0. The first-order valence-electron chi connectivity index (χ1n) is 7.93. The highest BCUT2D eigenvalue weighted by Gasteiger charge is 2.28. The van der Waals surface area contributed by atoms with Crippen molar-refractivity contribution in [3.63, 3.8) is 0 Å². The summed E-state index contributed by atoms with van der Waals surface area (Å²) >= 11 is 0. The minimum atomic E-state index is -0.109. The zero-order valence-electron chi connectivity index (χ0n) is 13.9. The third-order valence-corrected chi connectivity index (χ3v) is 3.54. The van der Waals surface area contributed by atoms with E-state index < -0.39 is 0 Å². The number of guanidine groups is 1. The fraction of sp³-hybridized carbons (Fsp3) is 0.867. The molecule has 0 radical (unpaired) electrons. The van der Waals surface area contributed by atoms with E-state index in [1.807, 2.05) is 20.8 Å². The smallest absolute Gasteiger partial charge is 0.310 e. The van der Waals surface area contributed by atoms with Gasteiger partial charge in [0.05, 0.1) is 12.5 Å². The van der Waals surface area contributed by atoms with Crippen LogP contribution >= 0.6 is 24.0 Å². The van der Waals surface area contributed by atoms with E-state index in [1.165, 1.54) is 0 Å². The van der Waals surface area contributed by atoms with Crippen LogP contribution in [0.15, 0.2) is 4.99 Å². The summed E-state index contributed by atoms with van der Waals surface area (Å²) < 4.78 is 5.13. The van der Waals surface area contributed by atoms with Crippen molar-refractivity contribution in [3.8, 4) is 0 Å². The number of ether oxygens (including phenoxy) is 1. The summed E-state index contributed by atoms with van der Waals surface area (Å²) in [6.07, 6.45) is 1.84. The molecule has 0 aromatic heterocycles. The molecule has 0 aromatic carbocycles. The van der Waals surface area contributed by atoms with Gasteiger partial charge in [0.1, 0.15) is 0 Å². The first kappa shape index (κ1) is 21.4. The quantitative estimate of drug-likeness (QED) is 0.291. The predicted molar refractivity (Wildman–Crippen MR) is 98.6 cm³/mol. The van der Waals surface area contributed by atoms with Gasteiger partial charge in [0.25, 0.3) is 0 Å². The van der Waals surface area contributed by atoms with Crippen LogP contribution in [-0.2, 0) is 9.53 Å². The van der Waals surface area contributed by atoms with E-state index in [1.54, 1.807) is 0 Å². The Morgan fingerprint density at radius 3 is 2.82 bits per heavy atom. The number of hydrogen-bond donors (Lipinski definition) is 2. The summed E-state index contributed by atoms with van der Waals surface area (Å²) in [6.45, 7) is 9.30. The van der Waals surface area contributed by atoms with Gasteiger partial charge < -0.3 is 20.1 Å². The van der Waals surface area contributed by atoms with Gasteiger partial charge in [0, 0.05) is 32.8 Å². The molecule has 6 nitrogen and oxygen atoms in total. The number of likely N-dealkylation sites (tertiary alicyclic amines) is 1. The number of rotatable bonds is 6. The molecule has 7 heteroatoms. The Hall–Kier alpha value is -0.570. The zero-order valence-corrected chi connectivity index (χ0v) is 16.2. The van der Waals surface area contributed by atoms with Gasteiger partial charge in [-0.1, -0.05) is 6.92 Å². The maximum atomic E-state index is 11.9. The van der Waals surface area contributed by atoms with E-state index in [0.29, 0.717) is 19.7 Å². The number of carbonyl (C=O) groups is 1. The highest BCUT2D eigenvalue weighted by Crippen LogP contribution is 2.18. The number of aliphatic imine (C=N–C) groups is 1. The fourth-order valence-electron chi connectivity index (χ4n) is 2.35. The first-order chi connectivity index (χ1) is 10.1. The van der Waals surface area contributed by atoms with Crippen LogP contribution < -0.4 is 5.32 Å². The van der Waals surface area contributed by atoms with Crippen LogP contribution in [0.1, 0.15) is 33.6 Å². The molecule has 1 saturated heterocycles. The predicted octanol–water partition coefficient (Wildman–Crippen LogP) is 1.47. The van der Waals surface area contributed by atoms with Gasteiger partial charge in [-0.3, -0.25) is 9.79 Å². The van der Waals surface area contributed by atoms with Gasteiger partial charge in [-0.05, 0) is 32.6 Å². The molecule has 130 valence electrons. The van der Waals surface area contributed by atoms with E-state index in [9.17, 15) is 4.79 Å². The molecule has 0 aromatic rings. The second-order valence-electron chi connectivity index (χ2n) is 5.52. The molecular weight excluding hydrogens is 397 g/mol. The lowest BCUT2D eigenvalue weighted by atomic mass is 9.98. The van der Waals surface area contributed by atoms with Crippen molar-refractivity contribution in [2.24, 2.45) is 16.8 Å². The lowest BCUT2D eigenvalue weighted by Gasteiger charge is -2.34. The van der Waals surface area contributed by atoms with Crippen LogP contribution in [0.5, 0.6) is 0 Å². The molecule has 1 aliphatic rings. The van der Waals surface area contributed by atoms with Crippen molar-refractivity contribution in [1.82, 2.24) is 10.2 Å². The SMILES string of the molecule is CCNC(=NCC(C)CO)N1CCCC(C(=O)OCC)C1.I. The Kier molecular flexibility index (Phi) is 11.6. The maximum absolute atomic E-state index is 11.9. The molecule has 2 atom stereocenters. The fourth-order valence-corrected chi connectivity index (χ4v) is 2.35. The molecule has 0 bridgehead atoms. The van der Waals surface area contributed by atoms with E-state index in [-0.39, 0.29) is 48.4 Å². The number of esters is 1. The van der Waals surface area contributed by atoms with Gasteiger partial charge in [-0.2, -0.15) is 0 Å². The minimum Gasteiger partial charge on any atom is -0.466 e. The van der Waals surface area contributed by atoms with Crippen LogP contribution in [0, 0.1) is 11.8 Å². The second-order valence-corrected chi connectivity index (χ2v) is 5.52. The molecule has 2 unspecified atom stereocenters. The van der Waals surface area contributed by atoms with Crippen molar-refractivity contribution in [1.29, 1.82) is 0 Å². The second kappa shape index (κ2) is 11.9. The lowest BCUT2D eigenvalue weighted by Crippen LogP contribution is -2.48. The average molecular weight is 427 g/mol. The van der Waals surface area contributed by atoms with E-state index in [0.717, 1.165) is 31.9 Å². The normalized spacial score (nSPS) is 20.1. The monoisotopic (exact) mass is 427 g/mol. The van der Waals surface area contributed by atoms with Crippen molar-refractivity contribution in [2.75, 3.05) is 39.4 Å². The van der Waals surface area contributed by atoms with Crippen molar-refractivity contribution in [2.45, 2.75) is 33.6 Å². The lowest BCUT2D eigenvalue weighted by molar-refractivity contribution is -0.149. The van der Waals surface area contributed by atoms with Gasteiger partial charge in [0.15, 0.2) is 5.96 Å². The van der Waals surface area contributed by atoms with Crippen LogP contribution in [0.3, 0.4) is 0 Å². The molecule has 0 aliphatic carbocycles. The summed E-state index contributed by atoms with van der Waals surface area (Å²) in [5.74, 6) is 0.788. The summed E-state index contributed by atoms with van der Waals surface area (Å²) in [4.78, 5) is 18.6. The van der Waals surface area contributed by atoms with Crippen molar-refractivity contribution in [3.05, 3.63) is 0 Å². The number of nitrogens with one attached hydrogen (secondary N) is 1. The number of carbonyl (C=O) groups excluding carboxylic acids is 1. The first-order valence-corrected chi connectivity index (χ1v) is 7.93. The molecular formula is C15H30IN3O3. The molecule has 0 spiro atoms. The highest BCUT2D eigenvalue weighted by atomic mass is 127. The van der Waals surface area contributed by atoms with Crippen LogP contribution in [-0.4, -0.2) is 61.3 Å². The number of hydrogen-bond acceptors (Lipinski definition) is 4.